The number of hydrogen-bond acceptors (Lipinski definition) is 5. The second kappa shape index (κ2) is 8.27. The number of benzene rings is 1. The molecule has 3 rings (SSSR count). The van der Waals surface area contributed by atoms with Gasteiger partial charge in [0.15, 0.2) is 5.82 Å². The van der Waals surface area contributed by atoms with E-state index in [4.69, 9.17) is 4.74 Å². The van der Waals surface area contributed by atoms with Crippen LogP contribution in [0.3, 0.4) is 0 Å². The topological polar surface area (TPSA) is 86.1 Å². The molecule has 2 heterocycles. The summed E-state index contributed by atoms with van der Waals surface area (Å²) in [6.07, 6.45) is 3.29. The van der Waals surface area contributed by atoms with Gasteiger partial charge < -0.3 is 14.6 Å². The lowest BCUT2D eigenvalue weighted by Gasteiger charge is -2.12. The van der Waals surface area contributed by atoms with E-state index in [2.05, 4.69) is 15.3 Å². The van der Waals surface area contributed by atoms with E-state index in [1.807, 2.05) is 25.1 Å². The second-order valence-corrected chi connectivity index (χ2v) is 5.99. The number of amides is 1. The molecule has 0 atom stereocenters. The molecular weight excluding hydrogens is 344 g/mol. The van der Waals surface area contributed by atoms with Crippen LogP contribution >= 0.6 is 0 Å². The maximum Gasteiger partial charge on any atom is 0.254 e. The highest BCUT2D eigenvalue weighted by Gasteiger charge is 2.08. The third kappa shape index (κ3) is 4.58. The number of nitrogens with one attached hydrogen (secondary N) is 1. The average molecular weight is 364 g/mol. The minimum atomic E-state index is -0.158. The molecule has 7 heteroatoms. The Hall–Kier alpha value is -3.48. The molecule has 27 heavy (non-hydrogen) atoms. The standard InChI is InChI=1S/C20H20N4O3/c1-14-10-17(27-13-18-22-8-3-9-23-18)11-19(25)24(14)12-15-4-6-16(7-5-15)20(26)21-2/h3-11H,12-13H2,1-2H3,(H,21,26). The van der Waals surface area contributed by atoms with E-state index in [1.54, 1.807) is 42.2 Å². The van der Waals surface area contributed by atoms with Crippen molar-refractivity contribution in [2.75, 3.05) is 7.05 Å². The summed E-state index contributed by atoms with van der Waals surface area (Å²) < 4.78 is 7.28. The molecule has 1 aromatic carbocycles. The highest BCUT2D eigenvalue weighted by molar-refractivity contribution is 5.93. The zero-order chi connectivity index (χ0) is 19.2. The Morgan fingerprint density at radius 3 is 2.48 bits per heavy atom. The lowest BCUT2D eigenvalue weighted by atomic mass is 10.1. The van der Waals surface area contributed by atoms with E-state index >= 15 is 0 Å². The summed E-state index contributed by atoms with van der Waals surface area (Å²) in [5, 5.41) is 2.58. The summed E-state index contributed by atoms with van der Waals surface area (Å²) >= 11 is 0. The fourth-order valence-electron chi connectivity index (χ4n) is 2.63. The van der Waals surface area contributed by atoms with Gasteiger partial charge in [-0.05, 0) is 36.8 Å². The Balaban J connectivity index is 1.73. The number of pyridine rings is 1. The Morgan fingerprint density at radius 2 is 1.85 bits per heavy atom. The number of rotatable bonds is 6. The number of carbonyl (C=O) groups is 1. The van der Waals surface area contributed by atoms with Crippen molar-refractivity contribution in [3.63, 3.8) is 0 Å². The minimum absolute atomic E-state index is 0.140. The lowest BCUT2D eigenvalue weighted by molar-refractivity contribution is 0.0963. The third-order valence-corrected chi connectivity index (χ3v) is 4.08. The van der Waals surface area contributed by atoms with Crippen molar-refractivity contribution in [1.29, 1.82) is 0 Å². The SMILES string of the molecule is CNC(=O)c1ccc(Cn2c(C)cc(OCc3ncccn3)cc2=O)cc1. The summed E-state index contributed by atoms with van der Waals surface area (Å²) in [5.74, 6) is 0.894. The van der Waals surface area contributed by atoms with Crippen molar-refractivity contribution in [3.8, 4) is 5.75 Å². The molecule has 2 aromatic heterocycles. The Labute approximate surface area is 156 Å². The summed E-state index contributed by atoms with van der Waals surface area (Å²) in [6, 6.07) is 12.2. The van der Waals surface area contributed by atoms with E-state index in [0.29, 0.717) is 23.7 Å². The molecule has 0 aliphatic carbocycles. The molecule has 0 bridgehead atoms. The van der Waals surface area contributed by atoms with Gasteiger partial charge in [-0.1, -0.05) is 12.1 Å². The fourth-order valence-corrected chi connectivity index (χ4v) is 2.63. The molecule has 7 nitrogen and oxygen atoms in total. The van der Waals surface area contributed by atoms with Crippen LogP contribution in [-0.2, 0) is 13.2 Å². The van der Waals surface area contributed by atoms with Gasteiger partial charge in [-0.3, -0.25) is 9.59 Å². The van der Waals surface area contributed by atoms with Crippen molar-refractivity contribution in [2.45, 2.75) is 20.1 Å². The third-order valence-electron chi connectivity index (χ3n) is 4.08. The second-order valence-electron chi connectivity index (χ2n) is 5.99. The van der Waals surface area contributed by atoms with Crippen LogP contribution in [0.25, 0.3) is 0 Å². The quantitative estimate of drug-likeness (QED) is 0.722. The number of aryl methyl sites for hydroxylation is 1. The first-order valence-corrected chi connectivity index (χ1v) is 8.48. The molecule has 0 aliphatic heterocycles. The van der Waals surface area contributed by atoms with Crippen LogP contribution in [0, 0.1) is 6.92 Å². The van der Waals surface area contributed by atoms with Crippen molar-refractivity contribution in [3.05, 3.63) is 87.9 Å². The number of nitrogens with zero attached hydrogens (tertiary/aromatic N) is 3. The summed E-state index contributed by atoms with van der Waals surface area (Å²) in [6.45, 7) is 2.47. The van der Waals surface area contributed by atoms with Crippen LogP contribution in [0.15, 0.2) is 59.7 Å². The summed E-state index contributed by atoms with van der Waals surface area (Å²) in [7, 11) is 1.59. The normalized spacial score (nSPS) is 10.4. The van der Waals surface area contributed by atoms with E-state index in [-0.39, 0.29) is 18.1 Å². The molecule has 0 spiro atoms. The maximum absolute atomic E-state index is 12.5. The van der Waals surface area contributed by atoms with Gasteiger partial charge in [-0.25, -0.2) is 9.97 Å². The van der Waals surface area contributed by atoms with Crippen LogP contribution in [-0.4, -0.2) is 27.5 Å². The van der Waals surface area contributed by atoms with Crippen molar-refractivity contribution in [2.24, 2.45) is 0 Å². The monoisotopic (exact) mass is 364 g/mol. The first-order chi connectivity index (χ1) is 13.1. The highest BCUT2D eigenvalue weighted by atomic mass is 16.5. The predicted octanol–water partition coefficient (Wildman–Crippen LogP) is 1.93. The maximum atomic E-state index is 12.5. The van der Waals surface area contributed by atoms with Crippen molar-refractivity contribution in [1.82, 2.24) is 19.9 Å². The number of carbonyl (C=O) groups excluding carboxylic acids is 1. The summed E-state index contributed by atoms with van der Waals surface area (Å²) in [4.78, 5) is 32.3. The Kier molecular flexibility index (Phi) is 5.61. The van der Waals surface area contributed by atoms with Crippen LogP contribution < -0.4 is 15.6 Å². The smallest absolute Gasteiger partial charge is 0.254 e. The molecule has 1 N–H and O–H groups in total. The average Bonchev–Trinajstić information content (AvgIpc) is 2.70. The Bertz CT molecular complexity index is 982. The highest BCUT2D eigenvalue weighted by Crippen LogP contribution is 2.13. The molecule has 138 valence electrons. The van der Waals surface area contributed by atoms with E-state index in [0.717, 1.165) is 11.3 Å². The van der Waals surface area contributed by atoms with Gasteiger partial charge in [0.25, 0.3) is 11.5 Å². The fraction of sp³-hybridized carbons (Fsp3) is 0.200. The lowest BCUT2D eigenvalue weighted by Crippen LogP contribution is -2.22. The van der Waals surface area contributed by atoms with Crippen LogP contribution in [0.1, 0.15) is 27.4 Å². The molecule has 0 fully saturated rings. The molecule has 0 radical (unpaired) electrons. The van der Waals surface area contributed by atoms with Gasteiger partial charge >= 0.3 is 0 Å². The molecule has 0 unspecified atom stereocenters. The van der Waals surface area contributed by atoms with Gasteiger partial charge in [0, 0.05) is 36.8 Å². The number of ether oxygens (including phenoxy) is 1. The largest absolute Gasteiger partial charge is 0.485 e. The molecular formula is C20H20N4O3. The van der Waals surface area contributed by atoms with E-state index < -0.39 is 0 Å². The molecule has 0 aliphatic rings. The Morgan fingerprint density at radius 1 is 1.15 bits per heavy atom. The summed E-state index contributed by atoms with van der Waals surface area (Å²) in [5.41, 5.74) is 2.13. The first-order valence-electron chi connectivity index (χ1n) is 8.48. The number of aromatic nitrogens is 3. The molecule has 0 saturated heterocycles. The predicted molar refractivity (Wildman–Crippen MR) is 101 cm³/mol. The van der Waals surface area contributed by atoms with Gasteiger partial charge in [-0.2, -0.15) is 0 Å². The van der Waals surface area contributed by atoms with Gasteiger partial charge in [0.05, 0.1) is 6.54 Å². The first kappa shape index (κ1) is 18.3. The van der Waals surface area contributed by atoms with Gasteiger partial charge in [-0.15, -0.1) is 0 Å². The molecule has 0 saturated carbocycles. The van der Waals surface area contributed by atoms with E-state index in [1.165, 1.54) is 6.07 Å². The van der Waals surface area contributed by atoms with Gasteiger partial charge in [0.2, 0.25) is 0 Å². The van der Waals surface area contributed by atoms with Crippen LogP contribution in [0.5, 0.6) is 5.75 Å². The number of hydrogen-bond donors (Lipinski definition) is 1. The zero-order valence-electron chi connectivity index (χ0n) is 15.2. The van der Waals surface area contributed by atoms with Crippen LogP contribution in [0.4, 0.5) is 0 Å². The molecule has 3 aromatic rings. The minimum Gasteiger partial charge on any atom is -0.485 e. The van der Waals surface area contributed by atoms with Gasteiger partial charge in [0.1, 0.15) is 12.4 Å². The van der Waals surface area contributed by atoms with Crippen molar-refractivity contribution < 1.29 is 9.53 Å². The van der Waals surface area contributed by atoms with Crippen LogP contribution in [0.2, 0.25) is 0 Å². The molecule has 1 amide bonds. The zero-order valence-corrected chi connectivity index (χ0v) is 15.2. The van der Waals surface area contributed by atoms with Crippen molar-refractivity contribution >= 4 is 5.91 Å². The van der Waals surface area contributed by atoms with E-state index in [9.17, 15) is 9.59 Å².